The van der Waals surface area contributed by atoms with Crippen LogP contribution in [0.2, 0.25) is 0 Å². The van der Waals surface area contributed by atoms with Gasteiger partial charge in [0.1, 0.15) is 0 Å². The van der Waals surface area contributed by atoms with Crippen LogP contribution in [0.5, 0.6) is 11.5 Å². The number of aryl methyl sites for hydroxylation is 1. The van der Waals surface area contributed by atoms with Crippen molar-refractivity contribution in [1.82, 2.24) is 9.55 Å². The second kappa shape index (κ2) is 5.35. The number of fused-ring (bicyclic) bond motifs is 1. The predicted octanol–water partition coefficient (Wildman–Crippen LogP) is 3.67. The van der Waals surface area contributed by atoms with Crippen LogP contribution in [0.15, 0.2) is 12.1 Å². The maximum Gasteiger partial charge on any atom is 0.390 e. The Morgan fingerprint density at radius 1 is 1.20 bits per heavy atom. The fraction of sp³-hybridized carbons (Fsp3) is 0.417. The molecule has 0 saturated carbocycles. The van der Waals surface area contributed by atoms with Crippen molar-refractivity contribution in [3.8, 4) is 11.5 Å². The fourth-order valence-electron chi connectivity index (χ4n) is 1.94. The average molecular weight is 306 g/mol. The van der Waals surface area contributed by atoms with E-state index < -0.39 is 12.6 Å². The van der Waals surface area contributed by atoms with Crippen LogP contribution in [-0.4, -0.2) is 29.9 Å². The van der Waals surface area contributed by atoms with E-state index in [-0.39, 0.29) is 11.3 Å². The third-order valence-electron chi connectivity index (χ3n) is 2.90. The van der Waals surface area contributed by atoms with E-state index in [0.29, 0.717) is 22.5 Å². The molecule has 4 nitrogen and oxygen atoms in total. The highest BCUT2D eigenvalue weighted by atomic mass is 32.1. The Bertz CT molecular complexity index is 676. The summed E-state index contributed by atoms with van der Waals surface area (Å²) < 4.78 is 48.9. The molecule has 0 radical (unpaired) electrons. The summed E-state index contributed by atoms with van der Waals surface area (Å²) in [6, 6.07) is 3.25. The number of methoxy groups -OCH3 is 2. The molecule has 0 aliphatic carbocycles. The Balaban J connectivity index is 2.50. The lowest BCUT2D eigenvalue weighted by Crippen LogP contribution is -2.12. The molecule has 8 heteroatoms. The molecule has 110 valence electrons. The van der Waals surface area contributed by atoms with Gasteiger partial charge in [0, 0.05) is 18.7 Å². The molecule has 2 aromatic rings. The molecule has 1 heterocycles. The second-order valence-corrected chi connectivity index (χ2v) is 4.56. The van der Waals surface area contributed by atoms with Crippen LogP contribution in [0, 0.1) is 4.77 Å². The molecular formula is C12H13F3N2O2S. The van der Waals surface area contributed by atoms with E-state index in [4.69, 9.17) is 21.7 Å². The SMILES string of the molecule is COc1cc2[nH]c(=S)n(CCC(F)(F)F)c2cc1OC. The van der Waals surface area contributed by atoms with Crippen molar-refractivity contribution in [3.63, 3.8) is 0 Å². The summed E-state index contributed by atoms with van der Waals surface area (Å²) in [6.45, 7) is -0.238. The summed E-state index contributed by atoms with van der Waals surface area (Å²) in [4.78, 5) is 2.86. The minimum absolute atomic E-state index is 0.236. The van der Waals surface area contributed by atoms with Gasteiger partial charge in [-0.25, -0.2) is 0 Å². The van der Waals surface area contributed by atoms with E-state index in [1.165, 1.54) is 18.8 Å². The third kappa shape index (κ3) is 2.90. The Labute approximate surface area is 118 Å². The first-order valence-corrected chi connectivity index (χ1v) is 6.18. The van der Waals surface area contributed by atoms with E-state index in [9.17, 15) is 13.2 Å². The second-order valence-electron chi connectivity index (χ2n) is 4.17. The number of aromatic amines is 1. The predicted molar refractivity (Wildman–Crippen MR) is 70.9 cm³/mol. The molecule has 0 atom stereocenters. The molecule has 0 saturated heterocycles. The number of alkyl halides is 3. The Kier molecular flexibility index (Phi) is 3.94. The number of hydrogen-bond donors (Lipinski definition) is 1. The largest absolute Gasteiger partial charge is 0.493 e. The number of hydrogen-bond acceptors (Lipinski definition) is 3. The molecule has 0 aliphatic rings. The van der Waals surface area contributed by atoms with Crippen LogP contribution in [0.25, 0.3) is 11.0 Å². The van der Waals surface area contributed by atoms with E-state index in [0.717, 1.165) is 0 Å². The van der Waals surface area contributed by atoms with E-state index >= 15 is 0 Å². The fourth-order valence-corrected chi connectivity index (χ4v) is 2.24. The monoisotopic (exact) mass is 306 g/mol. The highest BCUT2D eigenvalue weighted by molar-refractivity contribution is 7.71. The molecule has 0 amide bonds. The summed E-state index contributed by atoms with van der Waals surface area (Å²) in [6.07, 6.45) is -5.17. The van der Waals surface area contributed by atoms with Crippen molar-refractivity contribution in [2.75, 3.05) is 14.2 Å². The van der Waals surface area contributed by atoms with Gasteiger partial charge in [0.15, 0.2) is 16.3 Å². The van der Waals surface area contributed by atoms with Crippen molar-refractivity contribution in [3.05, 3.63) is 16.9 Å². The van der Waals surface area contributed by atoms with Crippen molar-refractivity contribution in [2.24, 2.45) is 0 Å². The summed E-state index contributed by atoms with van der Waals surface area (Å²) in [5.41, 5.74) is 1.16. The zero-order chi connectivity index (χ0) is 14.9. The molecule has 1 aromatic heterocycles. The van der Waals surface area contributed by atoms with Gasteiger partial charge in [-0.1, -0.05) is 0 Å². The average Bonchev–Trinajstić information content (AvgIpc) is 2.68. The van der Waals surface area contributed by atoms with Gasteiger partial charge < -0.3 is 19.0 Å². The topological polar surface area (TPSA) is 39.2 Å². The smallest absolute Gasteiger partial charge is 0.390 e. The first-order chi connectivity index (χ1) is 9.35. The van der Waals surface area contributed by atoms with Gasteiger partial charge in [-0.3, -0.25) is 0 Å². The normalized spacial score (nSPS) is 11.8. The van der Waals surface area contributed by atoms with Crippen LogP contribution in [0.4, 0.5) is 13.2 Å². The van der Waals surface area contributed by atoms with Gasteiger partial charge in [0.25, 0.3) is 0 Å². The van der Waals surface area contributed by atoms with Gasteiger partial charge in [-0.2, -0.15) is 13.2 Å². The summed E-state index contributed by atoms with van der Waals surface area (Å²) in [7, 11) is 2.95. The first-order valence-electron chi connectivity index (χ1n) is 5.77. The summed E-state index contributed by atoms with van der Waals surface area (Å²) >= 11 is 5.06. The maximum atomic E-state index is 12.3. The zero-order valence-electron chi connectivity index (χ0n) is 10.9. The van der Waals surface area contributed by atoms with E-state index in [1.54, 1.807) is 12.1 Å². The van der Waals surface area contributed by atoms with Gasteiger partial charge in [-0.05, 0) is 12.2 Å². The lowest BCUT2D eigenvalue weighted by Gasteiger charge is -2.10. The Morgan fingerprint density at radius 3 is 2.35 bits per heavy atom. The number of nitrogens with one attached hydrogen (secondary N) is 1. The first kappa shape index (κ1) is 14.7. The van der Waals surface area contributed by atoms with E-state index in [2.05, 4.69) is 4.98 Å². The van der Waals surface area contributed by atoms with E-state index in [1.807, 2.05) is 0 Å². The standard InChI is InChI=1S/C12H13F3N2O2S/c1-18-9-5-7-8(6-10(9)19-2)17(11(20)16-7)4-3-12(13,14)15/h5-6H,3-4H2,1-2H3,(H,16,20). The van der Waals surface area contributed by atoms with Gasteiger partial charge in [-0.15, -0.1) is 0 Å². The van der Waals surface area contributed by atoms with Gasteiger partial charge in [0.2, 0.25) is 0 Å². The third-order valence-corrected chi connectivity index (χ3v) is 3.22. The molecule has 20 heavy (non-hydrogen) atoms. The number of nitrogens with zero attached hydrogens (tertiary/aromatic N) is 1. The van der Waals surface area contributed by atoms with Crippen molar-refractivity contribution in [1.29, 1.82) is 0 Å². The van der Waals surface area contributed by atoms with Crippen LogP contribution < -0.4 is 9.47 Å². The maximum absolute atomic E-state index is 12.3. The van der Waals surface area contributed by atoms with Crippen molar-refractivity contribution in [2.45, 2.75) is 19.1 Å². The van der Waals surface area contributed by atoms with Crippen LogP contribution in [-0.2, 0) is 6.54 Å². The molecular weight excluding hydrogens is 293 g/mol. The quantitative estimate of drug-likeness (QED) is 0.876. The highest BCUT2D eigenvalue weighted by Gasteiger charge is 2.27. The number of ether oxygens (including phenoxy) is 2. The molecule has 2 rings (SSSR count). The number of benzene rings is 1. The number of aromatic nitrogens is 2. The number of rotatable bonds is 4. The van der Waals surface area contributed by atoms with Crippen LogP contribution >= 0.6 is 12.2 Å². The Hall–Kier alpha value is -1.70. The van der Waals surface area contributed by atoms with Crippen LogP contribution in [0.1, 0.15) is 6.42 Å². The molecule has 0 spiro atoms. The number of halogens is 3. The van der Waals surface area contributed by atoms with Crippen molar-refractivity contribution >= 4 is 23.3 Å². The zero-order valence-corrected chi connectivity index (χ0v) is 11.7. The van der Waals surface area contributed by atoms with Gasteiger partial charge >= 0.3 is 6.18 Å². The minimum Gasteiger partial charge on any atom is -0.493 e. The lowest BCUT2D eigenvalue weighted by atomic mass is 10.2. The van der Waals surface area contributed by atoms with Crippen LogP contribution in [0.3, 0.4) is 0 Å². The molecule has 0 aliphatic heterocycles. The lowest BCUT2D eigenvalue weighted by molar-refractivity contribution is -0.136. The number of imidazole rings is 1. The summed E-state index contributed by atoms with van der Waals surface area (Å²) in [5.74, 6) is 0.925. The van der Waals surface area contributed by atoms with Gasteiger partial charge in [0.05, 0.1) is 31.7 Å². The molecule has 0 bridgehead atoms. The molecule has 1 aromatic carbocycles. The Morgan fingerprint density at radius 2 is 1.80 bits per heavy atom. The molecule has 0 fully saturated rings. The molecule has 1 N–H and O–H groups in total. The highest BCUT2D eigenvalue weighted by Crippen LogP contribution is 2.32. The number of H-pyrrole nitrogens is 1. The summed E-state index contributed by atoms with van der Waals surface area (Å²) in [5, 5.41) is 0. The molecule has 0 unspecified atom stereocenters. The van der Waals surface area contributed by atoms with Crippen molar-refractivity contribution < 1.29 is 22.6 Å². The minimum atomic E-state index is -4.23.